The standard InChI is InChI=1S/C15H23NO2S2/c1-3-12(4-2)16(6-7-17)15(18)14-9-11-10-19-8-5-13(11)20-14/h9,12,17H,3-8,10H2,1-2H3. The summed E-state index contributed by atoms with van der Waals surface area (Å²) in [6.45, 7) is 4.66. The third-order valence-corrected chi connectivity index (χ3v) is 6.06. The highest BCUT2D eigenvalue weighted by atomic mass is 32.2. The zero-order valence-electron chi connectivity index (χ0n) is 12.2. The highest BCUT2D eigenvalue weighted by Crippen LogP contribution is 2.32. The Bertz CT molecular complexity index is 431. The number of hydrogen-bond donors (Lipinski definition) is 1. The Balaban J connectivity index is 2.20. The van der Waals surface area contributed by atoms with Crippen LogP contribution >= 0.6 is 23.1 Å². The Morgan fingerprint density at radius 2 is 2.20 bits per heavy atom. The maximum absolute atomic E-state index is 12.7. The molecule has 5 heteroatoms. The number of thiophene rings is 1. The van der Waals surface area contributed by atoms with Crippen LogP contribution in [0, 0.1) is 0 Å². The largest absolute Gasteiger partial charge is 0.395 e. The van der Waals surface area contributed by atoms with E-state index in [1.165, 1.54) is 10.4 Å². The summed E-state index contributed by atoms with van der Waals surface area (Å²) in [5.74, 6) is 2.29. The summed E-state index contributed by atoms with van der Waals surface area (Å²) in [5, 5.41) is 9.24. The lowest BCUT2D eigenvalue weighted by Gasteiger charge is -2.29. The Kier molecular flexibility index (Phi) is 5.93. The van der Waals surface area contributed by atoms with Crippen molar-refractivity contribution >= 4 is 29.0 Å². The van der Waals surface area contributed by atoms with Crippen molar-refractivity contribution in [3.63, 3.8) is 0 Å². The second-order valence-corrected chi connectivity index (χ2v) is 7.30. The first-order valence-corrected chi connectivity index (χ1v) is 9.29. The minimum Gasteiger partial charge on any atom is -0.395 e. The van der Waals surface area contributed by atoms with Gasteiger partial charge in [-0.2, -0.15) is 11.8 Å². The molecule has 0 fully saturated rings. The minimum absolute atomic E-state index is 0.0309. The summed E-state index contributed by atoms with van der Waals surface area (Å²) in [5.41, 5.74) is 1.34. The van der Waals surface area contributed by atoms with Crippen LogP contribution in [0.2, 0.25) is 0 Å². The molecule has 0 saturated carbocycles. The molecule has 1 aliphatic heterocycles. The van der Waals surface area contributed by atoms with Gasteiger partial charge in [-0.3, -0.25) is 4.79 Å². The minimum atomic E-state index is 0.0309. The molecule has 3 nitrogen and oxygen atoms in total. The van der Waals surface area contributed by atoms with E-state index in [4.69, 9.17) is 0 Å². The van der Waals surface area contributed by atoms with Crippen molar-refractivity contribution in [1.82, 2.24) is 4.90 Å². The van der Waals surface area contributed by atoms with E-state index >= 15 is 0 Å². The van der Waals surface area contributed by atoms with Crippen molar-refractivity contribution in [2.24, 2.45) is 0 Å². The number of amides is 1. The van der Waals surface area contributed by atoms with Gasteiger partial charge in [0, 0.05) is 23.2 Å². The number of carbonyl (C=O) groups excluding carboxylic acids is 1. The molecule has 0 radical (unpaired) electrons. The Morgan fingerprint density at radius 3 is 2.80 bits per heavy atom. The normalized spacial score (nSPS) is 14.4. The Morgan fingerprint density at radius 1 is 1.45 bits per heavy atom. The zero-order chi connectivity index (χ0) is 14.5. The predicted molar refractivity (Wildman–Crippen MR) is 86.7 cm³/mol. The molecule has 1 aromatic heterocycles. The van der Waals surface area contributed by atoms with E-state index in [0.717, 1.165) is 35.6 Å². The first kappa shape index (κ1) is 15.9. The average Bonchev–Trinajstić information content (AvgIpc) is 2.90. The predicted octanol–water partition coefficient (Wildman–Crippen LogP) is 3.16. The van der Waals surface area contributed by atoms with Gasteiger partial charge in [0.1, 0.15) is 0 Å². The first-order chi connectivity index (χ1) is 9.71. The van der Waals surface area contributed by atoms with Gasteiger partial charge in [0.05, 0.1) is 11.5 Å². The highest BCUT2D eigenvalue weighted by molar-refractivity contribution is 7.98. The van der Waals surface area contributed by atoms with Gasteiger partial charge in [0.25, 0.3) is 5.91 Å². The second-order valence-electron chi connectivity index (χ2n) is 5.05. The quantitative estimate of drug-likeness (QED) is 0.877. The van der Waals surface area contributed by atoms with Crippen LogP contribution in [-0.2, 0) is 12.2 Å². The number of aryl methyl sites for hydroxylation is 1. The van der Waals surface area contributed by atoms with E-state index in [1.807, 2.05) is 16.7 Å². The lowest BCUT2D eigenvalue weighted by atomic mass is 10.1. The van der Waals surface area contributed by atoms with Gasteiger partial charge in [-0.15, -0.1) is 11.3 Å². The van der Waals surface area contributed by atoms with Gasteiger partial charge in [-0.25, -0.2) is 0 Å². The van der Waals surface area contributed by atoms with E-state index in [9.17, 15) is 9.90 Å². The van der Waals surface area contributed by atoms with E-state index in [-0.39, 0.29) is 18.6 Å². The smallest absolute Gasteiger partial charge is 0.264 e. The van der Waals surface area contributed by atoms with E-state index < -0.39 is 0 Å². The molecule has 0 aliphatic carbocycles. The molecule has 0 bridgehead atoms. The Labute approximate surface area is 129 Å². The van der Waals surface area contributed by atoms with Crippen LogP contribution in [0.4, 0.5) is 0 Å². The average molecular weight is 313 g/mol. The molecule has 2 rings (SSSR count). The second kappa shape index (κ2) is 7.48. The number of carbonyl (C=O) groups is 1. The Hall–Kier alpha value is -0.520. The summed E-state index contributed by atoms with van der Waals surface area (Å²) in [7, 11) is 0. The number of nitrogens with zero attached hydrogens (tertiary/aromatic N) is 1. The molecule has 0 unspecified atom stereocenters. The molecule has 1 aliphatic rings. The molecule has 0 aromatic carbocycles. The lowest BCUT2D eigenvalue weighted by Crippen LogP contribution is -2.41. The number of hydrogen-bond acceptors (Lipinski definition) is 4. The van der Waals surface area contributed by atoms with Crippen LogP contribution in [0.1, 0.15) is 46.8 Å². The van der Waals surface area contributed by atoms with Crippen molar-refractivity contribution in [1.29, 1.82) is 0 Å². The van der Waals surface area contributed by atoms with E-state index in [2.05, 4.69) is 19.9 Å². The van der Waals surface area contributed by atoms with Crippen LogP contribution < -0.4 is 0 Å². The number of aliphatic hydroxyl groups is 1. The molecule has 2 heterocycles. The molecular weight excluding hydrogens is 290 g/mol. The van der Waals surface area contributed by atoms with Crippen LogP contribution in [-0.4, -0.2) is 40.9 Å². The summed E-state index contributed by atoms with van der Waals surface area (Å²) in [6, 6.07) is 2.30. The summed E-state index contributed by atoms with van der Waals surface area (Å²) in [4.78, 5) is 16.8. The SMILES string of the molecule is CCC(CC)N(CCO)C(=O)c1cc2c(s1)CCSC2. The van der Waals surface area contributed by atoms with E-state index in [0.29, 0.717) is 6.54 Å². The van der Waals surface area contributed by atoms with Gasteiger partial charge in [-0.05, 0) is 36.6 Å². The van der Waals surface area contributed by atoms with Crippen molar-refractivity contribution in [3.05, 3.63) is 21.4 Å². The number of rotatable bonds is 6. The molecular formula is C15H23NO2S2. The molecule has 0 saturated heterocycles. The molecule has 1 N–H and O–H groups in total. The lowest BCUT2D eigenvalue weighted by molar-refractivity contribution is 0.0627. The molecule has 1 amide bonds. The molecule has 1 aromatic rings. The maximum Gasteiger partial charge on any atom is 0.264 e. The highest BCUT2D eigenvalue weighted by Gasteiger charge is 2.25. The van der Waals surface area contributed by atoms with E-state index in [1.54, 1.807) is 11.3 Å². The fourth-order valence-corrected chi connectivity index (χ4v) is 5.01. The van der Waals surface area contributed by atoms with Crippen LogP contribution in [0.15, 0.2) is 6.07 Å². The first-order valence-electron chi connectivity index (χ1n) is 7.32. The van der Waals surface area contributed by atoms with Crippen molar-refractivity contribution in [2.75, 3.05) is 18.9 Å². The van der Waals surface area contributed by atoms with Crippen molar-refractivity contribution in [2.45, 2.75) is 44.9 Å². The van der Waals surface area contributed by atoms with Gasteiger partial charge >= 0.3 is 0 Å². The summed E-state index contributed by atoms with van der Waals surface area (Å²) in [6.07, 6.45) is 2.95. The monoisotopic (exact) mass is 313 g/mol. The zero-order valence-corrected chi connectivity index (χ0v) is 13.9. The number of aliphatic hydroxyl groups excluding tert-OH is 1. The fraction of sp³-hybridized carbons (Fsp3) is 0.667. The van der Waals surface area contributed by atoms with Crippen molar-refractivity contribution in [3.8, 4) is 0 Å². The number of thioether (sulfide) groups is 1. The molecule has 112 valence electrons. The van der Waals surface area contributed by atoms with Gasteiger partial charge in [-0.1, -0.05) is 13.8 Å². The summed E-state index contributed by atoms with van der Waals surface area (Å²) < 4.78 is 0. The van der Waals surface area contributed by atoms with Gasteiger partial charge < -0.3 is 10.0 Å². The van der Waals surface area contributed by atoms with Crippen molar-refractivity contribution < 1.29 is 9.90 Å². The fourth-order valence-electron chi connectivity index (χ4n) is 2.68. The van der Waals surface area contributed by atoms with Gasteiger partial charge in [0.15, 0.2) is 0 Å². The third-order valence-electron chi connectivity index (χ3n) is 3.82. The van der Waals surface area contributed by atoms with Crippen LogP contribution in [0.25, 0.3) is 0 Å². The van der Waals surface area contributed by atoms with Crippen LogP contribution in [0.5, 0.6) is 0 Å². The molecule has 20 heavy (non-hydrogen) atoms. The topological polar surface area (TPSA) is 40.5 Å². The van der Waals surface area contributed by atoms with Gasteiger partial charge in [0.2, 0.25) is 0 Å². The molecule has 0 atom stereocenters. The summed E-state index contributed by atoms with van der Waals surface area (Å²) >= 11 is 3.59. The third kappa shape index (κ3) is 3.38. The maximum atomic E-state index is 12.7. The number of fused-ring (bicyclic) bond motifs is 1. The molecule has 0 spiro atoms. The van der Waals surface area contributed by atoms with Crippen LogP contribution in [0.3, 0.4) is 0 Å².